The van der Waals surface area contributed by atoms with Gasteiger partial charge in [-0.25, -0.2) is 4.79 Å². The van der Waals surface area contributed by atoms with Gasteiger partial charge in [0.1, 0.15) is 12.4 Å². The summed E-state index contributed by atoms with van der Waals surface area (Å²) in [5, 5.41) is 3.07. The lowest BCUT2D eigenvalue weighted by Gasteiger charge is -2.47. The minimum Gasteiger partial charge on any atom is -0.463 e. The summed E-state index contributed by atoms with van der Waals surface area (Å²) in [6.07, 6.45) is 1.04. The normalized spacial score (nSPS) is 23.9. The van der Waals surface area contributed by atoms with Gasteiger partial charge in [-0.1, -0.05) is 18.2 Å². The lowest BCUT2D eigenvalue weighted by molar-refractivity contribution is -0.158. The van der Waals surface area contributed by atoms with Gasteiger partial charge in [-0.15, -0.1) is 0 Å². The number of benzene rings is 2. The Morgan fingerprint density at radius 2 is 1.75 bits per heavy atom. The number of hydrogen-bond acceptors (Lipinski definition) is 6. The second kappa shape index (κ2) is 8.44. The smallest absolute Gasteiger partial charge is 0.414 e. The van der Waals surface area contributed by atoms with E-state index < -0.39 is 5.72 Å². The van der Waals surface area contributed by atoms with Gasteiger partial charge in [0.05, 0.1) is 6.54 Å². The summed E-state index contributed by atoms with van der Waals surface area (Å²) in [5.41, 5.74) is 1.50. The molecule has 2 saturated heterocycles. The molecular formula is C24H28N4O4. The van der Waals surface area contributed by atoms with Crippen LogP contribution < -0.4 is 15.0 Å². The lowest BCUT2D eigenvalue weighted by Crippen LogP contribution is -2.66. The van der Waals surface area contributed by atoms with Gasteiger partial charge in [0.2, 0.25) is 5.72 Å². The van der Waals surface area contributed by atoms with Crippen LogP contribution in [0, 0.1) is 0 Å². The molecule has 32 heavy (non-hydrogen) atoms. The zero-order chi connectivity index (χ0) is 22.1. The second-order valence-electron chi connectivity index (χ2n) is 8.55. The van der Waals surface area contributed by atoms with Gasteiger partial charge in [-0.2, -0.15) is 0 Å². The van der Waals surface area contributed by atoms with Crippen molar-refractivity contribution in [1.82, 2.24) is 9.80 Å². The summed E-state index contributed by atoms with van der Waals surface area (Å²) in [7, 11) is 2.10. The molecule has 0 spiro atoms. The first-order valence-electron chi connectivity index (χ1n) is 11.1. The van der Waals surface area contributed by atoms with Crippen LogP contribution in [0.2, 0.25) is 0 Å². The fraction of sp³-hybridized carbons (Fsp3) is 0.417. The minimum absolute atomic E-state index is 0.162. The van der Waals surface area contributed by atoms with Gasteiger partial charge in [0, 0.05) is 44.0 Å². The Bertz CT molecular complexity index is 1000. The summed E-state index contributed by atoms with van der Waals surface area (Å²) in [6.45, 7) is 4.24. The van der Waals surface area contributed by atoms with Crippen LogP contribution in [0.25, 0.3) is 0 Å². The Morgan fingerprint density at radius 1 is 1.00 bits per heavy atom. The molecule has 0 radical (unpaired) electrons. The summed E-state index contributed by atoms with van der Waals surface area (Å²) in [6, 6.07) is 15.2. The number of ether oxygens (including phenoxy) is 2. The topological polar surface area (TPSA) is 74.4 Å². The molecule has 0 aromatic heterocycles. The van der Waals surface area contributed by atoms with E-state index in [0.29, 0.717) is 25.3 Å². The van der Waals surface area contributed by atoms with Gasteiger partial charge >= 0.3 is 6.09 Å². The average Bonchev–Trinajstić information content (AvgIpc) is 3.25. The van der Waals surface area contributed by atoms with Crippen molar-refractivity contribution in [3.63, 3.8) is 0 Å². The molecule has 1 N–H and O–H groups in total. The third-order valence-electron chi connectivity index (χ3n) is 6.55. The molecule has 1 unspecified atom stereocenters. The predicted molar refractivity (Wildman–Crippen MR) is 121 cm³/mol. The summed E-state index contributed by atoms with van der Waals surface area (Å²) in [4.78, 5) is 31.5. The van der Waals surface area contributed by atoms with Gasteiger partial charge in [-0.05, 0) is 49.4 Å². The zero-order valence-corrected chi connectivity index (χ0v) is 18.3. The van der Waals surface area contributed by atoms with Crippen molar-refractivity contribution in [3.8, 4) is 5.75 Å². The highest BCUT2D eigenvalue weighted by molar-refractivity contribution is 5.98. The molecule has 5 rings (SSSR count). The number of piperazine rings is 1. The fourth-order valence-electron chi connectivity index (χ4n) is 4.62. The van der Waals surface area contributed by atoms with E-state index >= 15 is 0 Å². The number of cyclic esters (lactones) is 1. The molecule has 0 aliphatic carbocycles. The number of nitrogens with one attached hydrogen (secondary N) is 1. The van der Waals surface area contributed by atoms with Crippen molar-refractivity contribution in [2.45, 2.75) is 18.6 Å². The van der Waals surface area contributed by atoms with E-state index in [2.05, 4.69) is 28.2 Å². The van der Waals surface area contributed by atoms with Crippen molar-refractivity contribution >= 4 is 23.4 Å². The molecule has 0 bridgehead atoms. The SMILES string of the molecule is CN1CCN(C2(C(=O)Nc3ccc(N4CCOC4=O)cc3)CCc3ccccc3O2)CC1. The highest BCUT2D eigenvalue weighted by atomic mass is 16.6. The molecule has 2 amide bonds. The van der Waals surface area contributed by atoms with Crippen LogP contribution in [-0.4, -0.2) is 73.9 Å². The molecule has 8 nitrogen and oxygen atoms in total. The number of para-hydroxylation sites is 1. The number of rotatable bonds is 4. The van der Waals surface area contributed by atoms with Gasteiger partial charge in [-0.3, -0.25) is 14.6 Å². The molecule has 3 aliphatic rings. The van der Waals surface area contributed by atoms with Crippen LogP contribution in [0.5, 0.6) is 5.75 Å². The first kappa shape index (κ1) is 20.8. The predicted octanol–water partition coefficient (Wildman–Crippen LogP) is 2.55. The summed E-state index contributed by atoms with van der Waals surface area (Å²) in [5.74, 6) is 0.612. The lowest BCUT2D eigenvalue weighted by atomic mass is 9.94. The molecule has 168 valence electrons. The van der Waals surface area contributed by atoms with E-state index in [1.165, 1.54) is 0 Å². The molecule has 2 fully saturated rings. The summed E-state index contributed by atoms with van der Waals surface area (Å²) < 4.78 is 11.5. The zero-order valence-electron chi connectivity index (χ0n) is 18.3. The van der Waals surface area contributed by atoms with Gasteiger partial charge < -0.3 is 19.7 Å². The molecule has 2 aromatic carbocycles. The number of hydrogen-bond donors (Lipinski definition) is 1. The largest absolute Gasteiger partial charge is 0.463 e. The van der Waals surface area contributed by atoms with Gasteiger partial charge in [0.15, 0.2) is 0 Å². The van der Waals surface area contributed by atoms with E-state index in [9.17, 15) is 9.59 Å². The van der Waals surface area contributed by atoms with Crippen molar-refractivity contribution in [2.24, 2.45) is 0 Å². The van der Waals surface area contributed by atoms with Gasteiger partial charge in [0.25, 0.3) is 5.91 Å². The van der Waals surface area contributed by atoms with E-state index in [1.807, 2.05) is 42.5 Å². The Balaban J connectivity index is 1.38. The van der Waals surface area contributed by atoms with Crippen LogP contribution in [-0.2, 0) is 16.0 Å². The second-order valence-corrected chi connectivity index (χ2v) is 8.55. The molecule has 8 heteroatoms. The summed E-state index contributed by atoms with van der Waals surface area (Å²) >= 11 is 0. The number of anilines is 2. The monoisotopic (exact) mass is 436 g/mol. The first-order valence-corrected chi connectivity index (χ1v) is 11.1. The maximum absolute atomic E-state index is 13.7. The Morgan fingerprint density at radius 3 is 2.47 bits per heavy atom. The molecule has 2 aromatic rings. The average molecular weight is 437 g/mol. The molecule has 3 aliphatic heterocycles. The standard InChI is InChI=1S/C24H28N4O4/c1-26-12-14-27(15-13-26)24(11-10-18-4-2-3-5-21(18)32-24)22(29)25-19-6-8-20(9-7-19)28-16-17-31-23(28)30/h2-9H,10-17H2,1H3,(H,25,29). The van der Waals surface area contributed by atoms with Crippen LogP contribution in [0.4, 0.5) is 16.2 Å². The van der Waals surface area contributed by atoms with E-state index in [1.54, 1.807) is 4.90 Å². The Hall–Kier alpha value is -3.10. The molecule has 3 heterocycles. The number of carbonyl (C=O) groups excluding carboxylic acids is 2. The van der Waals surface area contributed by atoms with Crippen LogP contribution in [0.15, 0.2) is 48.5 Å². The highest BCUT2D eigenvalue weighted by Crippen LogP contribution is 2.37. The molecule has 0 saturated carbocycles. The quantitative estimate of drug-likeness (QED) is 0.794. The fourth-order valence-corrected chi connectivity index (χ4v) is 4.62. The van der Waals surface area contributed by atoms with Crippen LogP contribution in [0.1, 0.15) is 12.0 Å². The van der Waals surface area contributed by atoms with Crippen molar-refractivity contribution in [2.75, 3.05) is 56.6 Å². The Labute approximate surface area is 187 Å². The van der Waals surface area contributed by atoms with E-state index in [-0.39, 0.29) is 12.0 Å². The number of amides is 2. The highest BCUT2D eigenvalue weighted by Gasteiger charge is 2.49. The third kappa shape index (κ3) is 3.80. The number of nitrogens with zero attached hydrogens (tertiary/aromatic N) is 3. The van der Waals surface area contributed by atoms with E-state index in [0.717, 1.165) is 49.6 Å². The molecule has 1 atom stereocenters. The first-order chi connectivity index (χ1) is 15.5. The third-order valence-corrected chi connectivity index (χ3v) is 6.55. The Kier molecular flexibility index (Phi) is 5.48. The maximum atomic E-state index is 13.7. The van der Waals surface area contributed by atoms with Crippen LogP contribution >= 0.6 is 0 Å². The number of fused-ring (bicyclic) bond motifs is 1. The number of likely N-dealkylation sites (N-methyl/N-ethyl adjacent to an activating group) is 1. The number of aryl methyl sites for hydroxylation is 1. The number of carbonyl (C=O) groups is 2. The maximum Gasteiger partial charge on any atom is 0.414 e. The van der Waals surface area contributed by atoms with Crippen molar-refractivity contribution in [1.29, 1.82) is 0 Å². The molecular weight excluding hydrogens is 408 g/mol. The van der Waals surface area contributed by atoms with Crippen molar-refractivity contribution < 1.29 is 19.1 Å². The van der Waals surface area contributed by atoms with Crippen molar-refractivity contribution in [3.05, 3.63) is 54.1 Å². The minimum atomic E-state index is -1.05. The van der Waals surface area contributed by atoms with E-state index in [4.69, 9.17) is 9.47 Å². The van der Waals surface area contributed by atoms with Crippen LogP contribution in [0.3, 0.4) is 0 Å².